The first-order valence-electron chi connectivity index (χ1n) is 3.71. The van der Waals surface area contributed by atoms with E-state index in [1.165, 1.54) is 6.33 Å². The molecule has 0 radical (unpaired) electrons. The zero-order chi connectivity index (χ0) is 9.42. The van der Waals surface area contributed by atoms with Crippen LogP contribution in [0.15, 0.2) is 11.3 Å². The molecule has 0 N–H and O–H groups in total. The van der Waals surface area contributed by atoms with Crippen molar-refractivity contribution in [1.29, 1.82) is 0 Å². The van der Waals surface area contributed by atoms with Crippen molar-refractivity contribution in [1.82, 2.24) is 15.0 Å². The average molecular weight is 234 g/mol. The van der Waals surface area contributed by atoms with Gasteiger partial charge in [-0.25, -0.2) is 15.0 Å². The Bertz CT molecular complexity index is 367. The van der Waals surface area contributed by atoms with Crippen LogP contribution >= 0.6 is 24.0 Å². The third kappa shape index (κ3) is 1.60. The normalized spacial score (nSPS) is 13.6. The number of hydrogen-bond donors (Lipinski definition) is 0. The van der Waals surface area contributed by atoms with Crippen molar-refractivity contribution in [3.8, 4) is 0 Å². The zero-order valence-corrected chi connectivity index (χ0v) is 9.25. The van der Waals surface area contributed by atoms with E-state index in [9.17, 15) is 0 Å². The third-order valence-corrected chi connectivity index (χ3v) is 2.17. The molecule has 0 unspecified atom stereocenters. The van der Waals surface area contributed by atoms with Gasteiger partial charge in [0.05, 0.1) is 0 Å². The molecule has 0 fully saturated rings. The maximum atomic E-state index is 5.85. The molecule has 1 aliphatic rings. The van der Waals surface area contributed by atoms with E-state index >= 15 is 0 Å². The van der Waals surface area contributed by atoms with Crippen molar-refractivity contribution >= 4 is 41.9 Å². The summed E-state index contributed by atoms with van der Waals surface area (Å²) in [6.07, 6.45) is 3.09. The molecular formula is C7H9Cl2N5. The van der Waals surface area contributed by atoms with Crippen LogP contribution in [0.3, 0.4) is 0 Å². The van der Waals surface area contributed by atoms with Crippen LogP contribution in [0, 0.1) is 0 Å². The standard InChI is InChI=1S/C7H8ClN5.ClH/c1-12-4-11-5-6(8)9-3-10-7(5)13(12)2;/h3-4H,1-2H3;1H. The molecule has 0 atom stereocenters. The Kier molecular flexibility index (Phi) is 3.13. The molecule has 14 heavy (non-hydrogen) atoms. The molecule has 0 saturated heterocycles. The molecule has 0 bridgehead atoms. The van der Waals surface area contributed by atoms with Gasteiger partial charge >= 0.3 is 0 Å². The maximum Gasteiger partial charge on any atom is 0.178 e. The number of fused-ring (bicyclic) bond motifs is 1. The molecule has 1 aromatic heterocycles. The fraction of sp³-hybridized carbons (Fsp3) is 0.286. The minimum Gasteiger partial charge on any atom is -0.276 e. The number of halogens is 2. The molecule has 1 aromatic rings. The van der Waals surface area contributed by atoms with Crippen LogP contribution in [0.5, 0.6) is 0 Å². The SMILES string of the molecule is CN1C=Nc2c(Cl)ncnc2N1C.Cl. The van der Waals surface area contributed by atoms with E-state index in [-0.39, 0.29) is 12.4 Å². The predicted octanol–water partition coefficient (Wildman–Crippen LogP) is 1.51. The molecule has 0 amide bonds. The van der Waals surface area contributed by atoms with Crippen LogP contribution in [-0.4, -0.2) is 35.4 Å². The first-order chi connectivity index (χ1) is 6.20. The van der Waals surface area contributed by atoms with Gasteiger partial charge in [0.15, 0.2) is 11.0 Å². The van der Waals surface area contributed by atoms with Gasteiger partial charge in [0.25, 0.3) is 0 Å². The number of rotatable bonds is 0. The summed E-state index contributed by atoms with van der Waals surface area (Å²) < 4.78 is 0. The van der Waals surface area contributed by atoms with Gasteiger partial charge in [0, 0.05) is 14.1 Å². The molecule has 1 aliphatic heterocycles. The Labute approximate surface area is 92.8 Å². The molecule has 76 valence electrons. The van der Waals surface area contributed by atoms with Gasteiger partial charge in [-0.05, 0) is 0 Å². The molecule has 5 nitrogen and oxygen atoms in total. The van der Waals surface area contributed by atoms with Crippen LogP contribution in [0.2, 0.25) is 5.15 Å². The molecule has 0 aliphatic carbocycles. The van der Waals surface area contributed by atoms with Crippen LogP contribution in [0.25, 0.3) is 0 Å². The molecule has 0 aromatic carbocycles. The van der Waals surface area contributed by atoms with Gasteiger partial charge in [-0.2, -0.15) is 0 Å². The number of anilines is 1. The Balaban J connectivity index is 0.000000980. The highest BCUT2D eigenvalue weighted by atomic mass is 35.5. The molecule has 2 rings (SSSR count). The van der Waals surface area contributed by atoms with Gasteiger partial charge in [-0.15, -0.1) is 12.4 Å². The first-order valence-corrected chi connectivity index (χ1v) is 4.09. The number of aliphatic imine (C=N–C) groups is 1. The Morgan fingerprint density at radius 1 is 1.29 bits per heavy atom. The highest BCUT2D eigenvalue weighted by molar-refractivity contribution is 6.32. The Morgan fingerprint density at radius 2 is 2.00 bits per heavy atom. The lowest BCUT2D eigenvalue weighted by atomic mass is 10.4. The van der Waals surface area contributed by atoms with E-state index in [0.29, 0.717) is 16.7 Å². The van der Waals surface area contributed by atoms with Crippen molar-refractivity contribution in [3.05, 3.63) is 11.5 Å². The summed E-state index contributed by atoms with van der Waals surface area (Å²) in [6, 6.07) is 0. The number of nitrogens with zero attached hydrogens (tertiary/aromatic N) is 5. The topological polar surface area (TPSA) is 44.6 Å². The minimum absolute atomic E-state index is 0. The second-order valence-electron chi connectivity index (χ2n) is 2.68. The van der Waals surface area contributed by atoms with Crippen LogP contribution in [0.1, 0.15) is 0 Å². The van der Waals surface area contributed by atoms with Gasteiger partial charge in [0.2, 0.25) is 0 Å². The van der Waals surface area contributed by atoms with Crippen molar-refractivity contribution < 1.29 is 0 Å². The number of aromatic nitrogens is 2. The largest absolute Gasteiger partial charge is 0.276 e. The predicted molar refractivity (Wildman–Crippen MR) is 58.6 cm³/mol. The first kappa shape index (κ1) is 11.0. The summed E-state index contributed by atoms with van der Waals surface area (Å²) >= 11 is 5.85. The summed E-state index contributed by atoms with van der Waals surface area (Å²) in [4.78, 5) is 12.1. The summed E-state index contributed by atoms with van der Waals surface area (Å²) in [7, 11) is 3.76. The zero-order valence-electron chi connectivity index (χ0n) is 7.68. The summed E-state index contributed by atoms with van der Waals surface area (Å²) in [6.45, 7) is 0. The maximum absolute atomic E-state index is 5.85. The Morgan fingerprint density at radius 3 is 2.71 bits per heavy atom. The quantitative estimate of drug-likeness (QED) is 0.638. The second-order valence-corrected chi connectivity index (χ2v) is 3.04. The minimum atomic E-state index is 0. The van der Waals surface area contributed by atoms with E-state index in [1.807, 2.05) is 24.1 Å². The molecule has 7 heteroatoms. The number of hydrazine groups is 1. The van der Waals surface area contributed by atoms with E-state index in [2.05, 4.69) is 15.0 Å². The lowest BCUT2D eigenvalue weighted by molar-refractivity contribution is 0.495. The van der Waals surface area contributed by atoms with E-state index in [0.717, 1.165) is 0 Å². The number of hydrogen-bond acceptors (Lipinski definition) is 5. The van der Waals surface area contributed by atoms with Crippen molar-refractivity contribution in [2.45, 2.75) is 0 Å². The fourth-order valence-corrected chi connectivity index (χ4v) is 1.24. The van der Waals surface area contributed by atoms with Crippen LogP contribution < -0.4 is 5.01 Å². The second kappa shape index (κ2) is 3.98. The molecule has 0 spiro atoms. The van der Waals surface area contributed by atoms with Crippen molar-refractivity contribution in [2.24, 2.45) is 4.99 Å². The highest BCUT2D eigenvalue weighted by Gasteiger charge is 2.18. The van der Waals surface area contributed by atoms with Gasteiger partial charge in [-0.3, -0.25) is 10.0 Å². The highest BCUT2D eigenvalue weighted by Crippen LogP contribution is 2.33. The molecular weight excluding hydrogens is 225 g/mol. The van der Waals surface area contributed by atoms with Gasteiger partial charge in [0.1, 0.15) is 18.4 Å². The van der Waals surface area contributed by atoms with Crippen LogP contribution in [0.4, 0.5) is 11.5 Å². The fourth-order valence-electron chi connectivity index (χ4n) is 1.06. The van der Waals surface area contributed by atoms with Gasteiger partial charge in [-0.1, -0.05) is 11.6 Å². The third-order valence-electron chi connectivity index (χ3n) is 1.89. The van der Waals surface area contributed by atoms with Crippen LogP contribution in [-0.2, 0) is 0 Å². The Hall–Kier alpha value is -1.07. The molecule has 0 saturated carbocycles. The summed E-state index contributed by atoms with van der Waals surface area (Å²) in [5, 5.41) is 4.03. The van der Waals surface area contributed by atoms with E-state index in [1.54, 1.807) is 6.34 Å². The molecule has 2 heterocycles. The van der Waals surface area contributed by atoms with Crippen molar-refractivity contribution in [2.75, 3.05) is 19.1 Å². The van der Waals surface area contributed by atoms with E-state index < -0.39 is 0 Å². The van der Waals surface area contributed by atoms with Gasteiger partial charge < -0.3 is 0 Å². The monoisotopic (exact) mass is 233 g/mol. The summed E-state index contributed by atoms with van der Waals surface area (Å²) in [5.74, 6) is 0.713. The lowest BCUT2D eigenvalue weighted by Crippen LogP contribution is -2.38. The lowest BCUT2D eigenvalue weighted by Gasteiger charge is -2.30. The van der Waals surface area contributed by atoms with Crippen molar-refractivity contribution in [3.63, 3.8) is 0 Å². The summed E-state index contributed by atoms with van der Waals surface area (Å²) in [5.41, 5.74) is 0.616. The van der Waals surface area contributed by atoms with E-state index in [4.69, 9.17) is 11.6 Å². The average Bonchev–Trinajstić information content (AvgIpc) is 2.12. The smallest absolute Gasteiger partial charge is 0.178 e.